The summed E-state index contributed by atoms with van der Waals surface area (Å²) in [6.07, 6.45) is 1.49. The number of amides is 1. The van der Waals surface area contributed by atoms with E-state index in [4.69, 9.17) is 10.5 Å². The molecule has 0 radical (unpaired) electrons. The first kappa shape index (κ1) is 14.7. The van der Waals surface area contributed by atoms with Crippen molar-refractivity contribution in [3.63, 3.8) is 0 Å². The summed E-state index contributed by atoms with van der Waals surface area (Å²) in [6.45, 7) is 0.0729. The maximum Gasteiger partial charge on any atom is 0.257 e. The number of ether oxygens (including phenoxy) is 1. The Labute approximate surface area is 119 Å². The number of carbonyl (C=O) groups is 1. The Bertz CT molecular complexity index is 660. The number of rotatable bonds is 4. The highest BCUT2D eigenvalue weighted by atomic mass is 19.1. The molecule has 2 aromatic rings. The third-order valence-electron chi connectivity index (χ3n) is 2.81. The molecule has 0 unspecified atom stereocenters. The molecule has 0 aliphatic carbocycles. The van der Waals surface area contributed by atoms with E-state index in [1.54, 1.807) is 12.1 Å². The fraction of sp³-hybridized carbons (Fsp3) is 0.143. The van der Waals surface area contributed by atoms with Crippen LogP contribution in [0.4, 0.5) is 14.5 Å². The van der Waals surface area contributed by atoms with Crippen molar-refractivity contribution in [1.29, 1.82) is 0 Å². The molecule has 1 heterocycles. The highest BCUT2D eigenvalue weighted by molar-refractivity contribution is 5.95. The number of methoxy groups -OCH3 is 1. The molecule has 0 bridgehead atoms. The zero-order valence-corrected chi connectivity index (χ0v) is 11.2. The Hall–Kier alpha value is -2.70. The highest BCUT2D eigenvalue weighted by Gasteiger charge is 2.19. The minimum Gasteiger partial charge on any atom is -0.481 e. The third kappa shape index (κ3) is 3.25. The van der Waals surface area contributed by atoms with Crippen molar-refractivity contribution in [2.75, 3.05) is 12.8 Å². The van der Waals surface area contributed by atoms with Gasteiger partial charge in [0.05, 0.1) is 12.8 Å². The number of hydrogen-bond donors (Lipinski definition) is 2. The van der Waals surface area contributed by atoms with Crippen LogP contribution >= 0.6 is 0 Å². The summed E-state index contributed by atoms with van der Waals surface area (Å²) >= 11 is 0. The van der Waals surface area contributed by atoms with E-state index < -0.39 is 23.1 Å². The molecular formula is C14H13F2N3O2. The number of anilines is 1. The lowest BCUT2D eigenvalue weighted by atomic mass is 10.1. The zero-order valence-electron chi connectivity index (χ0n) is 11.2. The van der Waals surface area contributed by atoms with Crippen LogP contribution in [0.1, 0.15) is 15.9 Å². The van der Waals surface area contributed by atoms with Crippen LogP contribution in [0, 0.1) is 11.6 Å². The van der Waals surface area contributed by atoms with Crippen LogP contribution in [0.2, 0.25) is 0 Å². The van der Waals surface area contributed by atoms with Gasteiger partial charge in [0.25, 0.3) is 5.91 Å². The first-order valence-electron chi connectivity index (χ1n) is 6.03. The number of nitrogens with zero attached hydrogens (tertiary/aromatic N) is 1. The molecule has 5 nitrogen and oxygen atoms in total. The van der Waals surface area contributed by atoms with Crippen LogP contribution in [-0.2, 0) is 6.54 Å². The van der Waals surface area contributed by atoms with E-state index in [1.807, 2.05) is 0 Å². The summed E-state index contributed by atoms with van der Waals surface area (Å²) in [5.74, 6) is -2.49. The van der Waals surface area contributed by atoms with Crippen molar-refractivity contribution in [3.05, 3.63) is 53.2 Å². The van der Waals surface area contributed by atoms with Gasteiger partial charge in [0, 0.05) is 18.8 Å². The highest BCUT2D eigenvalue weighted by Crippen LogP contribution is 2.18. The number of pyridine rings is 1. The molecule has 110 valence electrons. The third-order valence-corrected chi connectivity index (χ3v) is 2.81. The van der Waals surface area contributed by atoms with Crippen LogP contribution < -0.4 is 15.8 Å². The van der Waals surface area contributed by atoms with Crippen LogP contribution in [-0.4, -0.2) is 18.0 Å². The van der Waals surface area contributed by atoms with Crippen molar-refractivity contribution in [2.24, 2.45) is 0 Å². The number of carbonyl (C=O) groups excluding carboxylic acids is 1. The van der Waals surface area contributed by atoms with Crippen molar-refractivity contribution in [1.82, 2.24) is 10.3 Å². The molecule has 0 saturated heterocycles. The fourth-order valence-electron chi connectivity index (χ4n) is 1.68. The average molecular weight is 293 g/mol. The lowest BCUT2D eigenvalue weighted by molar-refractivity contribution is 0.0942. The molecule has 0 aliphatic rings. The topological polar surface area (TPSA) is 77.2 Å². The van der Waals surface area contributed by atoms with Crippen molar-refractivity contribution in [2.45, 2.75) is 6.54 Å². The molecule has 1 amide bonds. The summed E-state index contributed by atoms with van der Waals surface area (Å²) in [5.41, 5.74) is 5.00. The normalized spacial score (nSPS) is 10.2. The second kappa shape index (κ2) is 6.17. The summed E-state index contributed by atoms with van der Waals surface area (Å²) in [5, 5.41) is 2.41. The van der Waals surface area contributed by atoms with Crippen LogP contribution in [0.5, 0.6) is 5.88 Å². The van der Waals surface area contributed by atoms with Gasteiger partial charge >= 0.3 is 0 Å². The average Bonchev–Trinajstić information content (AvgIpc) is 2.50. The van der Waals surface area contributed by atoms with E-state index in [0.29, 0.717) is 11.4 Å². The number of hydrogen-bond acceptors (Lipinski definition) is 4. The van der Waals surface area contributed by atoms with Gasteiger partial charge in [0.2, 0.25) is 5.88 Å². The second-order valence-corrected chi connectivity index (χ2v) is 4.22. The van der Waals surface area contributed by atoms with Gasteiger partial charge in [-0.3, -0.25) is 4.79 Å². The van der Waals surface area contributed by atoms with Crippen LogP contribution in [0.15, 0.2) is 30.5 Å². The molecule has 0 fully saturated rings. The van der Waals surface area contributed by atoms with Crippen LogP contribution in [0.3, 0.4) is 0 Å². The quantitative estimate of drug-likeness (QED) is 0.844. The maximum absolute atomic E-state index is 13.7. The van der Waals surface area contributed by atoms with Gasteiger partial charge in [0.15, 0.2) is 5.82 Å². The molecule has 2 rings (SSSR count). The van der Waals surface area contributed by atoms with Gasteiger partial charge in [-0.25, -0.2) is 13.8 Å². The summed E-state index contributed by atoms with van der Waals surface area (Å²) in [4.78, 5) is 15.8. The monoisotopic (exact) mass is 293 g/mol. The van der Waals surface area contributed by atoms with Crippen molar-refractivity contribution in [3.8, 4) is 5.88 Å². The zero-order chi connectivity index (χ0) is 15.4. The Morgan fingerprint density at radius 1 is 1.33 bits per heavy atom. The number of halogens is 2. The smallest absolute Gasteiger partial charge is 0.257 e. The van der Waals surface area contributed by atoms with E-state index in [1.165, 1.54) is 13.3 Å². The second-order valence-electron chi connectivity index (χ2n) is 4.22. The molecule has 7 heteroatoms. The molecule has 0 saturated carbocycles. The molecule has 0 aliphatic heterocycles. The number of aromatic nitrogens is 1. The number of nitrogens with one attached hydrogen (secondary N) is 1. The molecule has 1 aromatic heterocycles. The van der Waals surface area contributed by atoms with E-state index in [0.717, 1.165) is 12.1 Å². The molecular weight excluding hydrogens is 280 g/mol. The first-order chi connectivity index (χ1) is 10.0. The Balaban J connectivity index is 2.10. The number of nitrogens with two attached hydrogens (primary N) is 1. The first-order valence-corrected chi connectivity index (χ1v) is 6.03. The van der Waals surface area contributed by atoms with E-state index in [2.05, 4.69) is 10.3 Å². The summed E-state index contributed by atoms with van der Waals surface area (Å²) < 4.78 is 32.1. The van der Waals surface area contributed by atoms with Crippen LogP contribution in [0.25, 0.3) is 0 Å². The maximum atomic E-state index is 13.7. The number of benzene rings is 1. The predicted octanol–water partition coefficient (Wildman–Crippen LogP) is 1.88. The van der Waals surface area contributed by atoms with E-state index >= 15 is 0 Å². The summed E-state index contributed by atoms with van der Waals surface area (Å²) in [7, 11) is 1.48. The molecule has 0 atom stereocenters. The SMILES string of the molecule is COc1ccc(CNC(=O)c2c(F)ccc(N)c2F)cn1. The predicted molar refractivity (Wildman–Crippen MR) is 72.7 cm³/mol. The lowest BCUT2D eigenvalue weighted by Crippen LogP contribution is -2.25. The van der Waals surface area contributed by atoms with E-state index in [9.17, 15) is 13.6 Å². The Kier molecular flexibility index (Phi) is 4.32. The molecule has 21 heavy (non-hydrogen) atoms. The van der Waals surface area contributed by atoms with Gasteiger partial charge in [-0.2, -0.15) is 0 Å². The van der Waals surface area contributed by atoms with Gasteiger partial charge in [-0.05, 0) is 17.7 Å². The summed E-state index contributed by atoms with van der Waals surface area (Å²) in [6, 6.07) is 5.30. The molecule has 3 N–H and O–H groups in total. The molecule has 1 aromatic carbocycles. The van der Waals surface area contributed by atoms with Gasteiger partial charge in [0.1, 0.15) is 11.4 Å². The van der Waals surface area contributed by atoms with Gasteiger partial charge in [-0.1, -0.05) is 6.07 Å². The van der Waals surface area contributed by atoms with E-state index in [-0.39, 0.29) is 12.2 Å². The van der Waals surface area contributed by atoms with Gasteiger partial charge < -0.3 is 15.8 Å². The largest absolute Gasteiger partial charge is 0.481 e. The van der Waals surface area contributed by atoms with Crippen molar-refractivity contribution >= 4 is 11.6 Å². The standard InChI is InChI=1S/C14H13F2N3O2/c1-21-11-5-2-8(6-18-11)7-19-14(20)12-9(15)3-4-10(17)13(12)16/h2-6H,7,17H2,1H3,(H,19,20). The minimum absolute atomic E-state index is 0.0729. The Morgan fingerprint density at radius 3 is 2.71 bits per heavy atom. The Morgan fingerprint density at radius 2 is 2.10 bits per heavy atom. The minimum atomic E-state index is -1.07. The lowest BCUT2D eigenvalue weighted by Gasteiger charge is -2.08. The molecule has 0 spiro atoms. The fourth-order valence-corrected chi connectivity index (χ4v) is 1.68. The number of nitrogen functional groups attached to an aromatic ring is 1. The van der Waals surface area contributed by atoms with Gasteiger partial charge in [-0.15, -0.1) is 0 Å². The van der Waals surface area contributed by atoms with Crippen molar-refractivity contribution < 1.29 is 18.3 Å².